The Morgan fingerprint density at radius 2 is 2.21 bits per heavy atom. The van der Waals surface area contributed by atoms with Gasteiger partial charge in [0.2, 0.25) is 0 Å². The Bertz CT molecular complexity index is 478. The highest BCUT2D eigenvalue weighted by Crippen LogP contribution is 2.21. The predicted molar refractivity (Wildman–Crippen MR) is 61.4 cm³/mol. The zero-order valence-corrected chi connectivity index (χ0v) is 8.54. The summed E-state index contributed by atoms with van der Waals surface area (Å²) in [4.78, 5) is 1.75. The molecule has 0 bridgehead atoms. The van der Waals surface area contributed by atoms with Gasteiger partial charge in [0.25, 0.3) is 0 Å². The standard InChI is InChI=1S/C10H10N2OS/c1-12(10(11)14)8-2-3-9-7(6-8)4-5-13-9/h2-6H,1H3,(H2,11,14). The molecule has 4 heteroatoms. The first kappa shape index (κ1) is 9.02. The topological polar surface area (TPSA) is 42.4 Å². The van der Waals surface area contributed by atoms with Crippen LogP contribution in [-0.4, -0.2) is 12.2 Å². The SMILES string of the molecule is CN(C(N)=S)c1ccc2occc2c1. The minimum atomic E-state index is 0.354. The molecule has 2 N–H and O–H groups in total. The molecule has 0 saturated heterocycles. The zero-order valence-electron chi connectivity index (χ0n) is 7.73. The van der Waals surface area contributed by atoms with Gasteiger partial charge in [0.1, 0.15) is 5.58 Å². The van der Waals surface area contributed by atoms with Crippen LogP contribution in [0.25, 0.3) is 11.0 Å². The predicted octanol–water partition coefficient (Wildman–Crippen LogP) is 2.11. The van der Waals surface area contributed by atoms with Crippen molar-refractivity contribution in [3.05, 3.63) is 30.5 Å². The molecule has 0 unspecified atom stereocenters. The Morgan fingerprint density at radius 1 is 1.43 bits per heavy atom. The summed E-state index contributed by atoms with van der Waals surface area (Å²) in [5.74, 6) is 0. The van der Waals surface area contributed by atoms with Gasteiger partial charge in [-0.05, 0) is 36.5 Å². The van der Waals surface area contributed by atoms with E-state index in [1.807, 2.05) is 31.3 Å². The van der Waals surface area contributed by atoms with E-state index in [0.717, 1.165) is 16.7 Å². The molecule has 0 amide bonds. The Balaban J connectivity index is 2.48. The van der Waals surface area contributed by atoms with E-state index in [1.165, 1.54) is 0 Å². The van der Waals surface area contributed by atoms with Gasteiger partial charge in [-0.15, -0.1) is 0 Å². The smallest absolute Gasteiger partial charge is 0.170 e. The van der Waals surface area contributed by atoms with Crippen molar-refractivity contribution in [2.45, 2.75) is 0 Å². The average Bonchev–Trinajstić information content (AvgIpc) is 2.62. The highest BCUT2D eigenvalue weighted by molar-refractivity contribution is 7.80. The van der Waals surface area contributed by atoms with Crippen LogP contribution >= 0.6 is 12.2 Å². The van der Waals surface area contributed by atoms with E-state index >= 15 is 0 Å². The van der Waals surface area contributed by atoms with E-state index in [0.29, 0.717) is 5.11 Å². The number of rotatable bonds is 1. The van der Waals surface area contributed by atoms with Gasteiger partial charge in [0.15, 0.2) is 5.11 Å². The number of thiocarbonyl (C=S) groups is 1. The van der Waals surface area contributed by atoms with Crippen LogP contribution in [0.15, 0.2) is 34.9 Å². The van der Waals surface area contributed by atoms with Gasteiger partial charge in [0.05, 0.1) is 6.26 Å². The quantitative estimate of drug-likeness (QED) is 0.726. The molecule has 1 aromatic heterocycles. The van der Waals surface area contributed by atoms with Crippen LogP contribution in [0, 0.1) is 0 Å². The number of hydrogen-bond donors (Lipinski definition) is 1. The van der Waals surface area contributed by atoms with Crippen molar-refractivity contribution < 1.29 is 4.42 Å². The molecule has 14 heavy (non-hydrogen) atoms. The lowest BCUT2D eigenvalue weighted by Crippen LogP contribution is -2.31. The Morgan fingerprint density at radius 3 is 2.93 bits per heavy atom. The number of fused-ring (bicyclic) bond motifs is 1. The number of benzene rings is 1. The number of furan rings is 1. The van der Waals surface area contributed by atoms with Crippen LogP contribution in [0.3, 0.4) is 0 Å². The second-order valence-electron chi connectivity index (χ2n) is 3.04. The minimum Gasteiger partial charge on any atom is -0.464 e. The van der Waals surface area contributed by atoms with Crippen molar-refractivity contribution >= 4 is 34.0 Å². The second kappa shape index (κ2) is 3.31. The fourth-order valence-electron chi connectivity index (χ4n) is 1.29. The maximum absolute atomic E-state index is 5.52. The third kappa shape index (κ3) is 1.44. The molecular weight excluding hydrogens is 196 g/mol. The Labute approximate surface area is 87.1 Å². The van der Waals surface area contributed by atoms with Crippen molar-refractivity contribution in [1.82, 2.24) is 0 Å². The fraction of sp³-hybridized carbons (Fsp3) is 0.100. The normalized spacial score (nSPS) is 10.4. The van der Waals surface area contributed by atoms with Crippen molar-refractivity contribution in [3.63, 3.8) is 0 Å². The van der Waals surface area contributed by atoms with Gasteiger partial charge >= 0.3 is 0 Å². The molecule has 0 radical (unpaired) electrons. The fourth-order valence-corrected chi connectivity index (χ4v) is 1.40. The van der Waals surface area contributed by atoms with Gasteiger partial charge in [-0.1, -0.05) is 0 Å². The van der Waals surface area contributed by atoms with Crippen LogP contribution in [0.5, 0.6) is 0 Å². The van der Waals surface area contributed by atoms with Crippen molar-refractivity contribution in [3.8, 4) is 0 Å². The van der Waals surface area contributed by atoms with Gasteiger partial charge in [-0.3, -0.25) is 0 Å². The second-order valence-corrected chi connectivity index (χ2v) is 3.46. The molecule has 72 valence electrons. The van der Waals surface area contributed by atoms with Crippen LogP contribution in [0.2, 0.25) is 0 Å². The highest BCUT2D eigenvalue weighted by Gasteiger charge is 2.04. The first-order valence-electron chi connectivity index (χ1n) is 4.19. The maximum Gasteiger partial charge on any atom is 0.170 e. The third-order valence-corrected chi connectivity index (χ3v) is 2.43. The molecule has 0 saturated carbocycles. The lowest BCUT2D eigenvalue weighted by Gasteiger charge is -2.16. The maximum atomic E-state index is 5.52. The lowest BCUT2D eigenvalue weighted by atomic mass is 10.2. The van der Waals surface area contributed by atoms with E-state index < -0.39 is 0 Å². The van der Waals surface area contributed by atoms with Crippen LogP contribution in [-0.2, 0) is 0 Å². The van der Waals surface area contributed by atoms with E-state index in [2.05, 4.69) is 0 Å². The number of anilines is 1. The summed E-state index contributed by atoms with van der Waals surface area (Å²) in [6.45, 7) is 0. The largest absolute Gasteiger partial charge is 0.464 e. The summed E-state index contributed by atoms with van der Waals surface area (Å²) >= 11 is 4.88. The zero-order chi connectivity index (χ0) is 10.1. The van der Waals surface area contributed by atoms with E-state index in [4.69, 9.17) is 22.4 Å². The molecule has 0 spiro atoms. The molecule has 1 heterocycles. The summed E-state index contributed by atoms with van der Waals surface area (Å²) in [7, 11) is 1.84. The van der Waals surface area contributed by atoms with Crippen molar-refractivity contribution in [2.24, 2.45) is 5.73 Å². The number of nitrogens with two attached hydrogens (primary N) is 1. The van der Waals surface area contributed by atoms with Gasteiger partial charge < -0.3 is 15.1 Å². The van der Waals surface area contributed by atoms with Crippen LogP contribution < -0.4 is 10.6 Å². The number of nitrogens with zero attached hydrogens (tertiary/aromatic N) is 1. The third-order valence-electron chi connectivity index (χ3n) is 2.15. The first-order valence-corrected chi connectivity index (χ1v) is 4.60. The molecule has 2 rings (SSSR count). The van der Waals surface area contributed by atoms with E-state index in [1.54, 1.807) is 11.2 Å². The molecule has 0 fully saturated rings. The summed E-state index contributed by atoms with van der Waals surface area (Å²) < 4.78 is 5.23. The summed E-state index contributed by atoms with van der Waals surface area (Å²) in [6, 6.07) is 7.72. The minimum absolute atomic E-state index is 0.354. The highest BCUT2D eigenvalue weighted by atomic mass is 32.1. The van der Waals surface area contributed by atoms with Crippen molar-refractivity contribution in [1.29, 1.82) is 0 Å². The molecule has 0 aliphatic heterocycles. The van der Waals surface area contributed by atoms with E-state index in [-0.39, 0.29) is 0 Å². The molecular formula is C10H10N2OS. The average molecular weight is 206 g/mol. The van der Waals surface area contributed by atoms with Crippen LogP contribution in [0.1, 0.15) is 0 Å². The Hall–Kier alpha value is -1.55. The molecule has 1 aromatic carbocycles. The molecule has 0 atom stereocenters. The summed E-state index contributed by atoms with van der Waals surface area (Å²) in [5.41, 5.74) is 7.35. The van der Waals surface area contributed by atoms with Crippen molar-refractivity contribution in [2.75, 3.05) is 11.9 Å². The molecule has 3 nitrogen and oxygen atoms in total. The Kier molecular flexibility index (Phi) is 2.13. The first-order chi connectivity index (χ1) is 6.68. The van der Waals surface area contributed by atoms with Gasteiger partial charge in [-0.25, -0.2) is 0 Å². The molecule has 2 aromatic rings. The molecule has 0 aliphatic carbocycles. The van der Waals surface area contributed by atoms with Crippen LogP contribution in [0.4, 0.5) is 5.69 Å². The summed E-state index contributed by atoms with van der Waals surface area (Å²) in [5, 5.41) is 1.40. The lowest BCUT2D eigenvalue weighted by molar-refractivity contribution is 0.616. The summed E-state index contributed by atoms with van der Waals surface area (Å²) in [6.07, 6.45) is 1.66. The van der Waals surface area contributed by atoms with Gasteiger partial charge in [-0.2, -0.15) is 0 Å². The van der Waals surface area contributed by atoms with Gasteiger partial charge in [0, 0.05) is 18.1 Å². The molecule has 0 aliphatic rings. The monoisotopic (exact) mass is 206 g/mol. The number of hydrogen-bond acceptors (Lipinski definition) is 2. The van der Waals surface area contributed by atoms with E-state index in [9.17, 15) is 0 Å².